The van der Waals surface area contributed by atoms with Crippen molar-refractivity contribution in [1.82, 2.24) is 15.0 Å². The molecule has 1 aliphatic rings. The van der Waals surface area contributed by atoms with Gasteiger partial charge in [-0.2, -0.15) is 0 Å². The van der Waals surface area contributed by atoms with E-state index in [4.69, 9.17) is 19.4 Å². The molecule has 5 heteroatoms. The Hall–Kier alpha value is -6.59. The lowest BCUT2D eigenvalue weighted by Crippen LogP contribution is -2.11. The average Bonchev–Trinajstić information content (AvgIpc) is 3.56. The maximum Gasteiger partial charge on any atom is 0.202 e. The zero-order chi connectivity index (χ0) is 32.3. The molecule has 0 saturated carbocycles. The van der Waals surface area contributed by atoms with E-state index < -0.39 is 0 Å². The van der Waals surface area contributed by atoms with Crippen LogP contribution in [0.2, 0.25) is 0 Å². The molecule has 1 aliphatic heterocycles. The summed E-state index contributed by atoms with van der Waals surface area (Å²) in [4.78, 5) is 14.9. The lowest BCUT2D eigenvalue weighted by atomic mass is 9.90. The van der Waals surface area contributed by atoms with Crippen molar-refractivity contribution < 1.29 is 4.42 Å². The monoisotopic (exact) mass is 628 g/mol. The summed E-state index contributed by atoms with van der Waals surface area (Å²) in [5.74, 6) is 2.59. The normalized spacial score (nSPS) is 14.0. The Kier molecular flexibility index (Phi) is 6.18. The zero-order valence-corrected chi connectivity index (χ0v) is 26.3. The second-order valence-electron chi connectivity index (χ2n) is 12.4. The van der Waals surface area contributed by atoms with Crippen LogP contribution >= 0.6 is 0 Å². The Morgan fingerprint density at radius 2 is 1.14 bits per heavy atom. The van der Waals surface area contributed by atoms with Crippen LogP contribution in [-0.4, -0.2) is 15.0 Å². The largest absolute Gasteiger partial charge is 0.440 e. The maximum absolute atomic E-state index is 6.57. The number of hydrogen-bond acceptors (Lipinski definition) is 5. The van der Waals surface area contributed by atoms with Crippen LogP contribution in [-0.2, 0) is 0 Å². The molecule has 0 saturated heterocycles. The van der Waals surface area contributed by atoms with Crippen LogP contribution < -0.4 is 5.32 Å². The molecule has 0 spiro atoms. The van der Waals surface area contributed by atoms with Crippen molar-refractivity contribution in [3.05, 3.63) is 163 Å². The van der Waals surface area contributed by atoms with Gasteiger partial charge < -0.3 is 9.73 Å². The highest BCUT2D eigenvalue weighted by Gasteiger charge is 2.25. The molecule has 3 heterocycles. The van der Waals surface area contributed by atoms with Gasteiger partial charge in [-0.15, -0.1) is 0 Å². The van der Waals surface area contributed by atoms with E-state index in [9.17, 15) is 0 Å². The molecule has 2 aromatic heterocycles. The number of hydrogen-bond donors (Lipinski definition) is 1. The third kappa shape index (κ3) is 4.51. The molecule has 10 rings (SSSR count). The highest BCUT2D eigenvalue weighted by Crippen LogP contribution is 2.44. The summed E-state index contributed by atoms with van der Waals surface area (Å²) in [6.07, 6.45) is 4.43. The Labute approximate surface area is 282 Å². The molecule has 0 amide bonds. The van der Waals surface area contributed by atoms with Crippen molar-refractivity contribution in [2.24, 2.45) is 0 Å². The fourth-order valence-corrected chi connectivity index (χ4v) is 7.26. The molecule has 0 fully saturated rings. The molecule has 5 nitrogen and oxygen atoms in total. The number of fused-ring (bicyclic) bond motifs is 8. The van der Waals surface area contributed by atoms with Crippen LogP contribution in [0.15, 0.2) is 156 Å². The van der Waals surface area contributed by atoms with Crippen LogP contribution in [0.25, 0.3) is 83.5 Å². The molecular weight excluding hydrogens is 601 g/mol. The summed E-state index contributed by atoms with van der Waals surface area (Å²) in [7, 11) is 0. The van der Waals surface area contributed by atoms with E-state index in [2.05, 4.69) is 90.3 Å². The molecule has 1 N–H and O–H groups in total. The van der Waals surface area contributed by atoms with E-state index >= 15 is 0 Å². The zero-order valence-electron chi connectivity index (χ0n) is 26.3. The summed E-state index contributed by atoms with van der Waals surface area (Å²) < 4.78 is 6.57. The van der Waals surface area contributed by atoms with Crippen molar-refractivity contribution in [2.45, 2.75) is 6.04 Å². The highest BCUT2D eigenvalue weighted by molar-refractivity contribution is 6.18. The van der Waals surface area contributed by atoms with Crippen molar-refractivity contribution in [3.8, 4) is 34.2 Å². The van der Waals surface area contributed by atoms with Crippen LogP contribution in [0, 0.1) is 0 Å². The molecule has 1 atom stereocenters. The van der Waals surface area contributed by atoms with Gasteiger partial charge in [-0.05, 0) is 50.0 Å². The number of nitrogens with zero attached hydrogens (tertiary/aromatic N) is 3. The smallest absolute Gasteiger partial charge is 0.202 e. The molecular formula is C44H28N4O. The first-order valence-corrected chi connectivity index (χ1v) is 16.5. The van der Waals surface area contributed by atoms with Gasteiger partial charge in [-0.3, -0.25) is 0 Å². The lowest BCUT2D eigenvalue weighted by Gasteiger charge is -2.22. The third-order valence-electron chi connectivity index (χ3n) is 9.57. The minimum Gasteiger partial charge on any atom is -0.440 e. The third-order valence-corrected chi connectivity index (χ3v) is 9.57. The first kappa shape index (κ1) is 27.5. The van der Waals surface area contributed by atoms with E-state index in [1.165, 1.54) is 37.9 Å². The SMILES string of the molecule is C1=CC(c2cc3c4ccccc4ccc3c3ccccc23)Nc2oc3cccc(-c4nc(-c5ccccc5)nc(-c5ccccc5)n4)c3c21. The number of benzene rings is 7. The van der Waals surface area contributed by atoms with Gasteiger partial charge in [0, 0.05) is 27.6 Å². The van der Waals surface area contributed by atoms with Crippen LogP contribution in [0.3, 0.4) is 0 Å². The van der Waals surface area contributed by atoms with E-state index in [1.54, 1.807) is 0 Å². The van der Waals surface area contributed by atoms with Gasteiger partial charge in [0.05, 0.1) is 6.04 Å². The second kappa shape index (κ2) is 11.0. The fourth-order valence-electron chi connectivity index (χ4n) is 7.26. The minimum atomic E-state index is -0.0867. The highest BCUT2D eigenvalue weighted by atomic mass is 16.4. The van der Waals surface area contributed by atoms with Gasteiger partial charge in [0.1, 0.15) is 5.58 Å². The minimum absolute atomic E-state index is 0.0867. The van der Waals surface area contributed by atoms with E-state index in [-0.39, 0.29) is 6.04 Å². The van der Waals surface area contributed by atoms with Gasteiger partial charge in [-0.1, -0.05) is 146 Å². The quantitative estimate of drug-likeness (QED) is 0.197. The van der Waals surface area contributed by atoms with E-state index in [0.29, 0.717) is 17.5 Å². The van der Waals surface area contributed by atoms with Gasteiger partial charge in [0.25, 0.3) is 0 Å². The Morgan fingerprint density at radius 3 is 1.90 bits per heavy atom. The van der Waals surface area contributed by atoms with E-state index in [1.807, 2.05) is 72.8 Å². The second-order valence-corrected chi connectivity index (χ2v) is 12.4. The number of aromatic nitrogens is 3. The Bertz CT molecular complexity index is 2690. The Balaban J connectivity index is 1.13. The number of nitrogens with one attached hydrogen (secondary N) is 1. The van der Waals surface area contributed by atoms with Crippen molar-refractivity contribution in [3.63, 3.8) is 0 Å². The number of anilines is 1. The summed E-state index contributed by atoms with van der Waals surface area (Å²) >= 11 is 0. The fraction of sp³-hybridized carbons (Fsp3) is 0.0227. The predicted octanol–water partition coefficient (Wildman–Crippen LogP) is 11.3. The van der Waals surface area contributed by atoms with Gasteiger partial charge in [-0.25, -0.2) is 15.0 Å². The van der Waals surface area contributed by atoms with Gasteiger partial charge in [0.2, 0.25) is 5.88 Å². The van der Waals surface area contributed by atoms with Gasteiger partial charge >= 0.3 is 0 Å². The standard InChI is InChI=1S/C44H28N4O/c1-3-13-28(14-4-1)41-46-42(29-15-5-2-6-16-29)48-43(47-41)34-20-11-21-39-40(34)35-24-25-38(45-44(35)49-39)37-26-36-30-17-8-7-12-27(30)22-23-33(36)31-18-9-10-19-32(31)37/h1-26,38,45H. The first-order chi connectivity index (χ1) is 24.3. The van der Waals surface area contributed by atoms with Crippen molar-refractivity contribution in [2.75, 3.05) is 5.32 Å². The molecule has 9 aromatic rings. The lowest BCUT2D eigenvalue weighted by molar-refractivity contribution is 0.619. The average molecular weight is 629 g/mol. The summed E-state index contributed by atoms with van der Waals surface area (Å²) in [5, 5.41) is 12.2. The summed E-state index contributed by atoms with van der Waals surface area (Å²) in [5.41, 5.74) is 5.73. The molecule has 49 heavy (non-hydrogen) atoms. The van der Waals surface area contributed by atoms with Crippen LogP contribution in [0.4, 0.5) is 5.88 Å². The Morgan fingerprint density at radius 1 is 0.510 bits per heavy atom. The van der Waals surface area contributed by atoms with Crippen LogP contribution in [0.1, 0.15) is 17.2 Å². The topological polar surface area (TPSA) is 63.8 Å². The predicted molar refractivity (Wildman–Crippen MR) is 200 cm³/mol. The molecule has 230 valence electrons. The summed E-state index contributed by atoms with van der Waals surface area (Å²) in [6, 6.07) is 50.2. The van der Waals surface area contributed by atoms with E-state index in [0.717, 1.165) is 39.1 Å². The van der Waals surface area contributed by atoms with Crippen molar-refractivity contribution >= 4 is 55.2 Å². The molecule has 7 aromatic carbocycles. The first-order valence-electron chi connectivity index (χ1n) is 16.5. The number of rotatable bonds is 4. The maximum atomic E-state index is 6.57. The molecule has 0 aliphatic carbocycles. The number of furan rings is 1. The van der Waals surface area contributed by atoms with Crippen LogP contribution in [0.5, 0.6) is 0 Å². The van der Waals surface area contributed by atoms with Crippen molar-refractivity contribution in [1.29, 1.82) is 0 Å². The molecule has 1 unspecified atom stereocenters. The van der Waals surface area contributed by atoms with Gasteiger partial charge in [0.15, 0.2) is 17.5 Å². The molecule has 0 bridgehead atoms. The molecule has 0 radical (unpaired) electrons. The summed E-state index contributed by atoms with van der Waals surface area (Å²) in [6.45, 7) is 0.